The van der Waals surface area contributed by atoms with Crippen LogP contribution in [0, 0.1) is 5.92 Å². The van der Waals surface area contributed by atoms with Crippen molar-refractivity contribution >= 4 is 23.0 Å². The van der Waals surface area contributed by atoms with Crippen LogP contribution in [0.25, 0.3) is 0 Å². The smallest absolute Gasteiger partial charge is 0.280 e. The molecule has 154 valence electrons. The maximum Gasteiger partial charge on any atom is 0.280 e. The van der Waals surface area contributed by atoms with Crippen LogP contribution >= 0.6 is 0 Å². The van der Waals surface area contributed by atoms with E-state index in [9.17, 15) is 4.79 Å². The van der Waals surface area contributed by atoms with Crippen LogP contribution in [-0.2, 0) is 10.2 Å². The second-order valence-corrected chi connectivity index (χ2v) is 8.61. The highest BCUT2D eigenvalue weighted by molar-refractivity contribution is 6.31. The molecular weight excluding hydrogens is 370 g/mol. The van der Waals surface area contributed by atoms with E-state index < -0.39 is 0 Å². The molecule has 0 bridgehead atoms. The average Bonchev–Trinajstić information content (AvgIpc) is 3.18. The van der Waals surface area contributed by atoms with Crippen molar-refractivity contribution in [2.75, 3.05) is 16.5 Å². The molecule has 0 saturated carbocycles. The van der Waals surface area contributed by atoms with Gasteiger partial charge in [0.05, 0.1) is 17.0 Å². The Morgan fingerprint density at radius 3 is 2.33 bits per heavy atom. The van der Waals surface area contributed by atoms with Gasteiger partial charge in [-0.3, -0.25) is 4.79 Å². The molecule has 0 radical (unpaired) electrons. The van der Waals surface area contributed by atoms with Gasteiger partial charge in [0.15, 0.2) is 0 Å². The van der Waals surface area contributed by atoms with Gasteiger partial charge < -0.3 is 4.90 Å². The molecule has 0 aromatic heterocycles. The predicted molar refractivity (Wildman–Crippen MR) is 125 cm³/mol. The van der Waals surface area contributed by atoms with Crippen LogP contribution in [-0.4, -0.2) is 18.2 Å². The third-order valence-corrected chi connectivity index (χ3v) is 5.98. The van der Waals surface area contributed by atoms with E-state index in [-0.39, 0.29) is 17.2 Å². The van der Waals surface area contributed by atoms with Gasteiger partial charge in [-0.05, 0) is 48.8 Å². The fourth-order valence-electron chi connectivity index (χ4n) is 4.40. The summed E-state index contributed by atoms with van der Waals surface area (Å²) in [5.41, 5.74) is 5.93. The highest BCUT2D eigenvalue weighted by Crippen LogP contribution is 2.47. The van der Waals surface area contributed by atoms with Crippen LogP contribution in [0.1, 0.15) is 40.2 Å². The third-order valence-electron chi connectivity index (χ3n) is 5.98. The summed E-state index contributed by atoms with van der Waals surface area (Å²) < 4.78 is 0. The Morgan fingerprint density at radius 1 is 1.00 bits per heavy atom. The molecule has 0 aliphatic carbocycles. The first kappa shape index (κ1) is 20.1. The van der Waals surface area contributed by atoms with Crippen molar-refractivity contribution in [1.29, 1.82) is 0 Å². The van der Waals surface area contributed by atoms with Crippen LogP contribution in [0.15, 0.2) is 83.1 Å². The Balaban J connectivity index is 1.76. The molecule has 0 spiro atoms. The summed E-state index contributed by atoms with van der Waals surface area (Å²) in [6.07, 6.45) is 4.08. The van der Waals surface area contributed by atoms with Gasteiger partial charge in [-0.1, -0.05) is 64.1 Å². The fourth-order valence-corrected chi connectivity index (χ4v) is 4.40. The van der Waals surface area contributed by atoms with Crippen LogP contribution in [0.3, 0.4) is 0 Å². The maximum absolute atomic E-state index is 13.3. The monoisotopic (exact) mass is 399 g/mol. The number of carbonyl (C=O) groups is 1. The van der Waals surface area contributed by atoms with Crippen LogP contribution < -0.4 is 9.91 Å². The van der Waals surface area contributed by atoms with E-state index in [1.54, 1.807) is 0 Å². The summed E-state index contributed by atoms with van der Waals surface area (Å²) in [6, 6.07) is 18.2. The molecule has 4 nitrogen and oxygen atoms in total. The molecule has 30 heavy (non-hydrogen) atoms. The van der Waals surface area contributed by atoms with Crippen molar-refractivity contribution in [3.05, 3.63) is 83.6 Å². The Hall–Kier alpha value is -3.14. The zero-order chi connectivity index (χ0) is 21.5. The van der Waals surface area contributed by atoms with E-state index >= 15 is 0 Å². The van der Waals surface area contributed by atoms with E-state index in [1.807, 2.05) is 36.4 Å². The van der Waals surface area contributed by atoms with Gasteiger partial charge in [0, 0.05) is 23.3 Å². The molecule has 2 aliphatic rings. The van der Waals surface area contributed by atoms with Crippen molar-refractivity contribution in [3.8, 4) is 0 Å². The molecule has 1 amide bonds. The lowest BCUT2D eigenvalue weighted by Gasteiger charge is -2.26. The Bertz CT molecular complexity index is 1060. The minimum absolute atomic E-state index is 0.0712. The fraction of sp³-hybridized carbons (Fsp3) is 0.308. The van der Waals surface area contributed by atoms with Gasteiger partial charge in [0.2, 0.25) is 0 Å². The standard InChI is InChI=1S/C26H29N3O/c1-6-28-22-15-11-10-14-21(22)26(4,5)23(28)17-16-20-24(18(2)3)27-29(25(20)30)19-12-8-7-9-13-19/h7-18H,6H2,1-5H3/b20-16+,23-17-. The number of anilines is 2. The lowest BCUT2D eigenvalue weighted by atomic mass is 9.83. The number of likely N-dealkylation sites (N-methyl/N-ethyl adjacent to an activating group) is 1. The second-order valence-electron chi connectivity index (χ2n) is 8.61. The summed E-state index contributed by atoms with van der Waals surface area (Å²) in [5, 5.41) is 6.19. The molecule has 2 aromatic carbocycles. The van der Waals surface area contributed by atoms with E-state index in [1.165, 1.54) is 22.0 Å². The van der Waals surface area contributed by atoms with Crippen molar-refractivity contribution in [1.82, 2.24) is 0 Å². The predicted octanol–water partition coefficient (Wildman–Crippen LogP) is 5.67. The summed E-state index contributed by atoms with van der Waals surface area (Å²) in [4.78, 5) is 15.6. The van der Waals surface area contributed by atoms with Gasteiger partial charge in [-0.25, -0.2) is 0 Å². The van der Waals surface area contributed by atoms with Gasteiger partial charge in [-0.2, -0.15) is 10.1 Å². The van der Waals surface area contributed by atoms with Gasteiger partial charge in [0.1, 0.15) is 0 Å². The van der Waals surface area contributed by atoms with Gasteiger partial charge in [0.25, 0.3) is 5.91 Å². The van der Waals surface area contributed by atoms with Crippen molar-refractivity contribution in [3.63, 3.8) is 0 Å². The SMILES string of the molecule is CCN1/C(=C\C=C2\C(=O)N(c3ccccc3)N=C2C(C)C)C(C)(C)c2ccccc21. The number of benzene rings is 2. The van der Waals surface area contributed by atoms with E-state index in [4.69, 9.17) is 0 Å². The summed E-state index contributed by atoms with van der Waals surface area (Å²) in [6.45, 7) is 11.7. The first-order valence-electron chi connectivity index (χ1n) is 10.6. The third kappa shape index (κ3) is 3.17. The van der Waals surface area contributed by atoms with Crippen molar-refractivity contribution < 1.29 is 4.79 Å². The highest BCUT2D eigenvalue weighted by atomic mass is 16.2. The zero-order valence-electron chi connectivity index (χ0n) is 18.4. The Morgan fingerprint density at radius 2 is 1.67 bits per heavy atom. The molecule has 4 rings (SSSR count). The number of carbonyl (C=O) groups excluding carboxylic acids is 1. The molecular formula is C26H29N3O. The number of allylic oxidation sites excluding steroid dienone is 3. The number of fused-ring (bicyclic) bond motifs is 1. The number of hydrogen-bond donors (Lipinski definition) is 0. The minimum Gasteiger partial charge on any atom is -0.344 e. The Labute approximate surface area is 179 Å². The lowest BCUT2D eigenvalue weighted by Crippen LogP contribution is -2.26. The normalized spacial score (nSPS) is 20.5. The van der Waals surface area contributed by atoms with Gasteiger partial charge >= 0.3 is 0 Å². The molecule has 2 heterocycles. The number of rotatable bonds is 4. The van der Waals surface area contributed by atoms with Crippen LogP contribution in [0.4, 0.5) is 11.4 Å². The van der Waals surface area contributed by atoms with E-state index in [0.29, 0.717) is 5.57 Å². The molecule has 0 atom stereocenters. The quantitative estimate of drug-likeness (QED) is 0.621. The topological polar surface area (TPSA) is 35.9 Å². The van der Waals surface area contributed by atoms with E-state index in [2.05, 4.69) is 75.0 Å². The summed E-state index contributed by atoms with van der Waals surface area (Å²) in [5.74, 6) is 0.0847. The first-order chi connectivity index (χ1) is 14.4. The summed E-state index contributed by atoms with van der Waals surface area (Å²) in [7, 11) is 0. The molecule has 0 N–H and O–H groups in total. The first-order valence-corrected chi connectivity index (χ1v) is 10.6. The van der Waals surface area contributed by atoms with Gasteiger partial charge in [-0.15, -0.1) is 0 Å². The summed E-state index contributed by atoms with van der Waals surface area (Å²) >= 11 is 0. The van der Waals surface area contributed by atoms with Crippen molar-refractivity contribution in [2.45, 2.75) is 40.0 Å². The molecule has 0 unspecified atom stereocenters. The maximum atomic E-state index is 13.3. The number of nitrogens with zero attached hydrogens (tertiary/aromatic N) is 3. The largest absolute Gasteiger partial charge is 0.344 e. The molecule has 2 aromatic rings. The lowest BCUT2D eigenvalue weighted by molar-refractivity contribution is -0.114. The van der Waals surface area contributed by atoms with Crippen LogP contribution in [0.2, 0.25) is 0 Å². The molecule has 4 heteroatoms. The highest BCUT2D eigenvalue weighted by Gasteiger charge is 2.39. The molecule has 0 fully saturated rings. The van der Waals surface area contributed by atoms with E-state index in [0.717, 1.165) is 17.9 Å². The number of amides is 1. The number of hydrazone groups is 1. The minimum atomic E-state index is -0.125. The Kier molecular flexibility index (Phi) is 5.10. The van der Waals surface area contributed by atoms with Crippen LogP contribution in [0.5, 0.6) is 0 Å². The van der Waals surface area contributed by atoms with Crippen molar-refractivity contribution in [2.24, 2.45) is 11.0 Å². The molecule has 0 saturated heterocycles. The number of para-hydroxylation sites is 2. The average molecular weight is 400 g/mol. The molecule has 2 aliphatic heterocycles. The number of hydrogen-bond acceptors (Lipinski definition) is 3. The zero-order valence-corrected chi connectivity index (χ0v) is 18.4. The second kappa shape index (κ2) is 7.60.